The molecule has 5 nitrogen and oxygen atoms in total. The van der Waals surface area contributed by atoms with Gasteiger partial charge in [0.25, 0.3) is 5.91 Å². The zero-order chi connectivity index (χ0) is 15.6. The van der Waals surface area contributed by atoms with Crippen LogP contribution in [0.2, 0.25) is 0 Å². The Labute approximate surface area is 131 Å². The molecule has 110 valence electrons. The number of sulfone groups is 1. The van der Waals surface area contributed by atoms with Crippen LogP contribution in [0.25, 0.3) is 0 Å². The van der Waals surface area contributed by atoms with Crippen LogP contribution in [0.1, 0.15) is 15.9 Å². The normalized spacial score (nSPS) is 11.2. The van der Waals surface area contributed by atoms with E-state index in [1.54, 1.807) is 25.3 Å². The van der Waals surface area contributed by atoms with Gasteiger partial charge in [-0.2, -0.15) is 0 Å². The van der Waals surface area contributed by atoms with Crippen LogP contribution >= 0.6 is 15.9 Å². The molecule has 0 aliphatic rings. The van der Waals surface area contributed by atoms with Crippen LogP contribution in [0.4, 0.5) is 5.69 Å². The Bertz CT molecular complexity index is 804. The molecule has 2 rings (SSSR count). The van der Waals surface area contributed by atoms with E-state index >= 15 is 0 Å². The molecule has 0 aliphatic carbocycles. The first-order valence-corrected chi connectivity index (χ1v) is 8.68. The fraction of sp³-hybridized carbons (Fsp3) is 0.143. The van der Waals surface area contributed by atoms with Crippen molar-refractivity contribution in [1.29, 1.82) is 0 Å². The minimum Gasteiger partial charge on any atom is -0.322 e. The summed E-state index contributed by atoms with van der Waals surface area (Å²) in [5.41, 5.74) is 1.65. The van der Waals surface area contributed by atoms with E-state index in [1.807, 2.05) is 0 Å². The maximum absolute atomic E-state index is 12.1. The van der Waals surface area contributed by atoms with Crippen LogP contribution in [0.5, 0.6) is 0 Å². The first kappa shape index (κ1) is 15.7. The fourth-order valence-corrected chi connectivity index (χ4v) is 2.81. The molecular weight excluding hydrogens is 356 g/mol. The van der Waals surface area contributed by atoms with Gasteiger partial charge in [0.05, 0.1) is 10.5 Å². The summed E-state index contributed by atoms with van der Waals surface area (Å²) < 4.78 is 23.7. The van der Waals surface area contributed by atoms with Crippen LogP contribution < -0.4 is 5.32 Å². The van der Waals surface area contributed by atoms with Crippen molar-refractivity contribution in [2.45, 2.75) is 11.8 Å². The topological polar surface area (TPSA) is 76.1 Å². The molecule has 0 spiro atoms. The Hall–Kier alpha value is -1.73. The van der Waals surface area contributed by atoms with Crippen LogP contribution in [0.3, 0.4) is 0 Å². The summed E-state index contributed by atoms with van der Waals surface area (Å²) in [5, 5.41) is 2.74. The Kier molecular flexibility index (Phi) is 4.43. The molecule has 21 heavy (non-hydrogen) atoms. The van der Waals surface area contributed by atoms with E-state index in [-0.39, 0.29) is 10.8 Å². The summed E-state index contributed by atoms with van der Waals surface area (Å²) in [6.07, 6.45) is 4.19. The average molecular weight is 369 g/mol. The number of pyridine rings is 1. The number of nitrogens with one attached hydrogen (secondary N) is 1. The lowest BCUT2D eigenvalue weighted by molar-refractivity contribution is 0.102. The van der Waals surface area contributed by atoms with Gasteiger partial charge < -0.3 is 5.32 Å². The minimum absolute atomic E-state index is 0.224. The molecule has 1 aromatic carbocycles. The first-order valence-electron chi connectivity index (χ1n) is 6.00. The SMILES string of the molecule is Cc1cc(S(C)(=O)=O)ccc1NC(=O)c1cncc(Br)c1. The van der Waals surface area contributed by atoms with Gasteiger partial charge in [0.1, 0.15) is 0 Å². The number of aryl methyl sites for hydroxylation is 1. The van der Waals surface area contributed by atoms with Crippen molar-refractivity contribution in [3.05, 3.63) is 52.3 Å². The molecule has 0 bridgehead atoms. The van der Waals surface area contributed by atoms with E-state index < -0.39 is 9.84 Å². The summed E-state index contributed by atoms with van der Waals surface area (Å²) >= 11 is 3.25. The largest absolute Gasteiger partial charge is 0.322 e. The predicted molar refractivity (Wildman–Crippen MR) is 84.2 cm³/mol. The molecule has 0 saturated heterocycles. The van der Waals surface area contributed by atoms with Crippen LogP contribution in [-0.4, -0.2) is 25.6 Å². The van der Waals surface area contributed by atoms with E-state index in [9.17, 15) is 13.2 Å². The molecule has 1 amide bonds. The zero-order valence-electron chi connectivity index (χ0n) is 11.4. The quantitative estimate of drug-likeness (QED) is 0.903. The average Bonchev–Trinajstić information content (AvgIpc) is 2.39. The molecule has 1 heterocycles. The molecule has 0 atom stereocenters. The van der Waals surface area contributed by atoms with Gasteiger partial charge in [-0.15, -0.1) is 0 Å². The van der Waals surface area contributed by atoms with Crippen LogP contribution in [-0.2, 0) is 9.84 Å². The molecule has 0 radical (unpaired) electrons. The zero-order valence-corrected chi connectivity index (χ0v) is 13.8. The molecule has 0 unspecified atom stereocenters. The van der Waals surface area contributed by atoms with Crippen molar-refractivity contribution in [1.82, 2.24) is 4.98 Å². The van der Waals surface area contributed by atoms with Crippen molar-refractivity contribution >= 4 is 37.4 Å². The van der Waals surface area contributed by atoms with Crippen molar-refractivity contribution in [3.8, 4) is 0 Å². The molecule has 0 fully saturated rings. The van der Waals surface area contributed by atoms with E-state index in [4.69, 9.17) is 0 Å². The van der Waals surface area contributed by atoms with Crippen molar-refractivity contribution in [3.63, 3.8) is 0 Å². The number of aromatic nitrogens is 1. The van der Waals surface area contributed by atoms with Gasteiger partial charge in [0, 0.05) is 28.8 Å². The van der Waals surface area contributed by atoms with E-state index in [2.05, 4.69) is 26.2 Å². The second-order valence-corrected chi connectivity index (χ2v) is 7.53. The van der Waals surface area contributed by atoms with E-state index in [0.29, 0.717) is 21.3 Å². The smallest absolute Gasteiger partial charge is 0.257 e. The standard InChI is InChI=1S/C14H13BrN2O3S/c1-9-5-12(21(2,19)20)3-4-13(9)17-14(18)10-6-11(15)8-16-7-10/h3-8H,1-2H3,(H,17,18). The third kappa shape index (κ3) is 3.89. The number of benzene rings is 1. The summed E-state index contributed by atoms with van der Waals surface area (Å²) in [7, 11) is -3.26. The Morgan fingerprint density at radius 3 is 2.52 bits per heavy atom. The van der Waals surface area contributed by atoms with Gasteiger partial charge in [-0.25, -0.2) is 8.42 Å². The van der Waals surface area contributed by atoms with E-state index in [0.717, 1.165) is 6.26 Å². The number of amides is 1. The number of nitrogens with zero attached hydrogens (tertiary/aromatic N) is 1. The third-order valence-corrected chi connectivity index (χ3v) is 4.39. The number of carbonyl (C=O) groups excluding carboxylic acids is 1. The molecule has 1 aromatic heterocycles. The second-order valence-electron chi connectivity index (χ2n) is 4.59. The second kappa shape index (κ2) is 5.95. The lowest BCUT2D eigenvalue weighted by Crippen LogP contribution is -2.13. The maximum atomic E-state index is 12.1. The minimum atomic E-state index is -3.26. The molecule has 1 N–H and O–H groups in total. The van der Waals surface area contributed by atoms with Gasteiger partial charge in [-0.1, -0.05) is 0 Å². The van der Waals surface area contributed by atoms with Crippen molar-refractivity contribution in [2.24, 2.45) is 0 Å². The number of carbonyl (C=O) groups is 1. The Morgan fingerprint density at radius 1 is 1.24 bits per heavy atom. The van der Waals surface area contributed by atoms with E-state index in [1.165, 1.54) is 18.3 Å². The molecule has 0 aliphatic heterocycles. The fourth-order valence-electron chi connectivity index (χ4n) is 1.74. The van der Waals surface area contributed by atoms with Gasteiger partial charge in [0.2, 0.25) is 0 Å². The predicted octanol–water partition coefficient (Wildman–Crippen LogP) is 2.81. The maximum Gasteiger partial charge on any atom is 0.257 e. The number of hydrogen-bond donors (Lipinski definition) is 1. The molecule has 0 saturated carbocycles. The highest BCUT2D eigenvalue weighted by molar-refractivity contribution is 9.10. The lowest BCUT2D eigenvalue weighted by Gasteiger charge is -2.09. The van der Waals surface area contributed by atoms with Crippen molar-refractivity contribution in [2.75, 3.05) is 11.6 Å². The summed E-state index contributed by atoms with van der Waals surface area (Å²) in [6, 6.07) is 6.23. The number of anilines is 1. The van der Waals surface area contributed by atoms with Crippen molar-refractivity contribution < 1.29 is 13.2 Å². The first-order chi connectivity index (χ1) is 9.77. The number of rotatable bonds is 3. The Morgan fingerprint density at radius 2 is 1.95 bits per heavy atom. The Balaban J connectivity index is 2.26. The summed E-state index contributed by atoms with van der Waals surface area (Å²) in [4.78, 5) is 16.3. The molecular formula is C14H13BrN2O3S. The monoisotopic (exact) mass is 368 g/mol. The molecule has 7 heteroatoms. The third-order valence-electron chi connectivity index (χ3n) is 2.84. The van der Waals surface area contributed by atoms with Gasteiger partial charge in [0.15, 0.2) is 9.84 Å². The van der Waals surface area contributed by atoms with Gasteiger partial charge >= 0.3 is 0 Å². The van der Waals surface area contributed by atoms with Gasteiger partial charge in [-0.05, 0) is 52.7 Å². The van der Waals surface area contributed by atoms with Crippen LogP contribution in [0.15, 0.2) is 46.0 Å². The number of hydrogen-bond acceptors (Lipinski definition) is 4. The number of halogens is 1. The highest BCUT2D eigenvalue weighted by atomic mass is 79.9. The lowest BCUT2D eigenvalue weighted by atomic mass is 10.2. The van der Waals surface area contributed by atoms with Gasteiger partial charge in [-0.3, -0.25) is 9.78 Å². The summed E-state index contributed by atoms with van der Waals surface area (Å²) in [5.74, 6) is -0.306. The van der Waals surface area contributed by atoms with Crippen LogP contribution in [0, 0.1) is 6.92 Å². The highest BCUT2D eigenvalue weighted by Crippen LogP contribution is 2.20. The molecule has 2 aromatic rings. The highest BCUT2D eigenvalue weighted by Gasteiger charge is 2.12. The summed E-state index contributed by atoms with van der Waals surface area (Å²) in [6.45, 7) is 1.74.